The summed E-state index contributed by atoms with van der Waals surface area (Å²) in [4.78, 5) is 10.6. The molecule has 0 aliphatic heterocycles. The van der Waals surface area contributed by atoms with Gasteiger partial charge >= 0.3 is 5.97 Å². The predicted molar refractivity (Wildman–Crippen MR) is 53.9 cm³/mol. The van der Waals surface area contributed by atoms with Crippen molar-refractivity contribution in [3.63, 3.8) is 0 Å². The maximum absolute atomic E-state index is 12.3. The predicted octanol–water partition coefficient (Wildman–Crippen LogP) is 2.98. The van der Waals surface area contributed by atoms with Gasteiger partial charge in [0.15, 0.2) is 11.5 Å². The van der Waals surface area contributed by atoms with Gasteiger partial charge in [0.1, 0.15) is 0 Å². The third-order valence-corrected chi connectivity index (χ3v) is 2.18. The molecule has 2 rings (SSSR count). The average molecular weight is 239 g/mol. The zero-order chi connectivity index (χ0) is 12.4. The van der Waals surface area contributed by atoms with Gasteiger partial charge in [0, 0.05) is 17.2 Å². The smallest absolute Gasteiger partial charge is 0.358 e. The van der Waals surface area contributed by atoms with Crippen LogP contribution in [0.1, 0.15) is 22.5 Å². The number of aromatic carboxylic acids is 1. The zero-order valence-electron chi connectivity index (χ0n) is 8.43. The van der Waals surface area contributed by atoms with Crippen molar-refractivity contribution in [1.82, 2.24) is 5.16 Å². The van der Waals surface area contributed by atoms with Crippen molar-refractivity contribution >= 4 is 5.97 Å². The van der Waals surface area contributed by atoms with Gasteiger partial charge in [0.2, 0.25) is 0 Å². The Hall–Kier alpha value is -2.24. The van der Waals surface area contributed by atoms with Crippen LogP contribution >= 0.6 is 0 Å². The van der Waals surface area contributed by atoms with E-state index in [4.69, 9.17) is 9.63 Å². The molecular weight excluding hydrogens is 232 g/mol. The highest BCUT2D eigenvalue weighted by atomic mass is 19.3. The Morgan fingerprint density at radius 2 is 1.94 bits per heavy atom. The fourth-order valence-corrected chi connectivity index (χ4v) is 1.30. The molecule has 2 aromatic rings. The Morgan fingerprint density at radius 1 is 1.29 bits per heavy atom. The third-order valence-electron chi connectivity index (χ3n) is 2.18. The first-order valence-electron chi connectivity index (χ1n) is 4.66. The first-order valence-corrected chi connectivity index (χ1v) is 4.66. The Balaban J connectivity index is 2.30. The molecule has 17 heavy (non-hydrogen) atoms. The first-order chi connectivity index (χ1) is 8.08. The van der Waals surface area contributed by atoms with Crippen molar-refractivity contribution in [2.24, 2.45) is 0 Å². The van der Waals surface area contributed by atoms with E-state index in [2.05, 4.69) is 5.16 Å². The number of carboxylic acid groups (broad SMARTS) is 1. The summed E-state index contributed by atoms with van der Waals surface area (Å²) in [5.41, 5.74) is 0.166. The number of carboxylic acids is 1. The monoisotopic (exact) mass is 239 g/mol. The molecule has 0 amide bonds. The Labute approximate surface area is 94.5 Å². The van der Waals surface area contributed by atoms with Gasteiger partial charge in [-0.05, 0) is 0 Å². The minimum atomic E-state index is -2.53. The minimum Gasteiger partial charge on any atom is -0.476 e. The van der Waals surface area contributed by atoms with Crippen LogP contribution < -0.4 is 0 Å². The van der Waals surface area contributed by atoms with Crippen molar-refractivity contribution in [3.8, 4) is 11.3 Å². The fraction of sp³-hybridized carbons (Fsp3) is 0.0909. The van der Waals surface area contributed by atoms with Crippen LogP contribution in [0.15, 0.2) is 34.9 Å². The lowest BCUT2D eigenvalue weighted by atomic mass is 10.1. The van der Waals surface area contributed by atoms with E-state index in [1.54, 1.807) is 0 Å². The van der Waals surface area contributed by atoms with Gasteiger partial charge in [-0.3, -0.25) is 0 Å². The maximum atomic E-state index is 12.3. The third kappa shape index (κ3) is 2.30. The highest BCUT2D eigenvalue weighted by molar-refractivity contribution is 5.86. The van der Waals surface area contributed by atoms with Crippen LogP contribution in [-0.4, -0.2) is 16.2 Å². The van der Waals surface area contributed by atoms with Gasteiger partial charge in [-0.1, -0.05) is 29.4 Å². The van der Waals surface area contributed by atoms with Crippen molar-refractivity contribution in [2.45, 2.75) is 6.43 Å². The Bertz CT molecular complexity index is 534. The lowest BCUT2D eigenvalue weighted by Crippen LogP contribution is -1.94. The molecule has 1 N–H and O–H groups in total. The van der Waals surface area contributed by atoms with Crippen molar-refractivity contribution < 1.29 is 23.2 Å². The van der Waals surface area contributed by atoms with E-state index in [1.807, 2.05) is 0 Å². The molecule has 4 nitrogen and oxygen atoms in total. The molecule has 0 atom stereocenters. The molecule has 0 unspecified atom stereocenters. The second-order valence-electron chi connectivity index (χ2n) is 3.30. The van der Waals surface area contributed by atoms with E-state index in [9.17, 15) is 13.6 Å². The molecule has 0 aliphatic rings. The molecule has 0 fully saturated rings. The fourth-order valence-electron chi connectivity index (χ4n) is 1.30. The second kappa shape index (κ2) is 4.32. The number of nitrogens with zero attached hydrogens (tertiary/aromatic N) is 1. The number of aromatic nitrogens is 1. The molecule has 0 saturated carbocycles. The van der Waals surface area contributed by atoms with Crippen molar-refractivity contribution in [1.29, 1.82) is 0 Å². The van der Waals surface area contributed by atoms with Gasteiger partial charge in [0.05, 0.1) is 0 Å². The minimum absolute atomic E-state index is 0.105. The molecule has 0 saturated heterocycles. The lowest BCUT2D eigenvalue weighted by Gasteiger charge is -1.99. The number of carbonyl (C=O) groups is 1. The summed E-state index contributed by atoms with van der Waals surface area (Å²) in [6.07, 6.45) is -2.53. The molecule has 6 heteroatoms. The summed E-state index contributed by atoms with van der Waals surface area (Å²) >= 11 is 0. The van der Waals surface area contributed by atoms with Crippen LogP contribution in [0.2, 0.25) is 0 Å². The van der Waals surface area contributed by atoms with Crippen LogP contribution in [0.5, 0.6) is 0 Å². The number of benzene rings is 1. The zero-order valence-corrected chi connectivity index (χ0v) is 8.43. The summed E-state index contributed by atoms with van der Waals surface area (Å²) in [7, 11) is 0. The number of hydrogen-bond acceptors (Lipinski definition) is 3. The van der Waals surface area contributed by atoms with Crippen LogP contribution in [0, 0.1) is 0 Å². The van der Waals surface area contributed by atoms with Crippen LogP contribution in [-0.2, 0) is 0 Å². The molecule has 0 spiro atoms. The van der Waals surface area contributed by atoms with Gasteiger partial charge in [-0.2, -0.15) is 0 Å². The summed E-state index contributed by atoms with van der Waals surface area (Å²) in [5.74, 6) is -0.979. The molecule has 0 aliphatic carbocycles. The molecular formula is C11H7F2NO3. The number of alkyl halides is 2. The summed E-state index contributed by atoms with van der Waals surface area (Å²) in [6.45, 7) is 0. The SMILES string of the molecule is O=C(O)c1cc(-c2ccc(C(F)F)cc2)on1. The van der Waals surface area contributed by atoms with E-state index >= 15 is 0 Å². The van der Waals surface area contributed by atoms with Gasteiger partial charge in [-0.25, -0.2) is 13.6 Å². The normalized spacial score (nSPS) is 10.8. The maximum Gasteiger partial charge on any atom is 0.358 e. The average Bonchev–Trinajstić information content (AvgIpc) is 2.78. The molecule has 1 aromatic carbocycles. The van der Waals surface area contributed by atoms with E-state index in [0.29, 0.717) is 5.56 Å². The van der Waals surface area contributed by atoms with Crippen molar-refractivity contribution in [3.05, 3.63) is 41.6 Å². The molecule has 1 aromatic heterocycles. The largest absolute Gasteiger partial charge is 0.476 e. The Morgan fingerprint density at radius 3 is 2.41 bits per heavy atom. The number of hydrogen-bond donors (Lipinski definition) is 1. The Kier molecular flexibility index (Phi) is 2.86. The molecule has 0 radical (unpaired) electrons. The first kappa shape index (κ1) is 11.3. The highest BCUT2D eigenvalue weighted by Crippen LogP contribution is 2.24. The van der Waals surface area contributed by atoms with Crippen LogP contribution in [0.25, 0.3) is 11.3 Å². The van der Waals surface area contributed by atoms with Gasteiger partial charge in [-0.15, -0.1) is 0 Å². The quantitative estimate of drug-likeness (QED) is 0.894. The highest BCUT2D eigenvalue weighted by Gasteiger charge is 2.13. The molecule has 88 valence electrons. The summed E-state index contributed by atoms with van der Waals surface area (Å²) < 4.78 is 29.4. The second-order valence-corrected chi connectivity index (χ2v) is 3.30. The van der Waals surface area contributed by atoms with Crippen LogP contribution in [0.3, 0.4) is 0 Å². The molecule has 0 bridgehead atoms. The van der Waals surface area contributed by atoms with Gasteiger partial charge < -0.3 is 9.63 Å². The summed E-state index contributed by atoms with van der Waals surface area (Å²) in [6, 6.07) is 6.59. The standard InChI is InChI=1S/C11H7F2NO3/c12-10(13)7-3-1-6(2-4-7)9-5-8(11(15)16)14-17-9/h1-5,10H,(H,15,16). The number of halogens is 2. The van der Waals surface area contributed by atoms with E-state index in [0.717, 1.165) is 0 Å². The van der Waals surface area contributed by atoms with Crippen LogP contribution in [0.4, 0.5) is 8.78 Å². The van der Waals surface area contributed by atoms with E-state index < -0.39 is 12.4 Å². The molecule has 1 heterocycles. The van der Waals surface area contributed by atoms with Crippen molar-refractivity contribution in [2.75, 3.05) is 0 Å². The topological polar surface area (TPSA) is 63.3 Å². The van der Waals surface area contributed by atoms with E-state index in [-0.39, 0.29) is 17.0 Å². The van der Waals surface area contributed by atoms with E-state index in [1.165, 1.54) is 30.3 Å². The lowest BCUT2D eigenvalue weighted by molar-refractivity contribution is 0.0685. The van der Waals surface area contributed by atoms with Gasteiger partial charge in [0.25, 0.3) is 6.43 Å². The number of rotatable bonds is 3. The summed E-state index contributed by atoms with van der Waals surface area (Å²) in [5, 5.41) is 12.0.